The Morgan fingerprint density at radius 2 is 1.88 bits per heavy atom. The van der Waals surface area contributed by atoms with Crippen molar-refractivity contribution in [3.8, 4) is 0 Å². The number of esters is 1. The van der Waals surface area contributed by atoms with E-state index in [4.69, 9.17) is 17.0 Å². The van der Waals surface area contributed by atoms with Crippen molar-refractivity contribution in [1.82, 2.24) is 15.1 Å². The summed E-state index contributed by atoms with van der Waals surface area (Å²) in [6.07, 6.45) is 0.937. The Bertz CT molecular complexity index is 642. The molecule has 9 heteroatoms. The van der Waals surface area contributed by atoms with Gasteiger partial charge in [0.1, 0.15) is 5.00 Å². The molecule has 0 atom stereocenters. The third-order valence-electron chi connectivity index (χ3n) is 3.43. The van der Waals surface area contributed by atoms with Crippen LogP contribution in [0.25, 0.3) is 0 Å². The first-order valence-electron chi connectivity index (χ1n) is 7.82. The zero-order valence-electron chi connectivity index (χ0n) is 15.6. The lowest BCUT2D eigenvalue weighted by molar-refractivity contribution is 0.0601. The van der Waals surface area contributed by atoms with Crippen LogP contribution in [0, 0.1) is 6.92 Å². The Morgan fingerprint density at radius 3 is 2.40 bits per heavy atom. The summed E-state index contributed by atoms with van der Waals surface area (Å²) in [6.45, 7) is 3.40. The van der Waals surface area contributed by atoms with Gasteiger partial charge in [-0.25, -0.2) is 4.79 Å². The Balaban J connectivity index is 2.93. The maximum absolute atomic E-state index is 12.3. The molecule has 0 unspecified atom stereocenters. The van der Waals surface area contributed by atoms with Gasteiger partial charge in [0.05, 0.1) is 17.6 Å². The second-order valence-electron chi connectivity index (χ2n) is 5.99. The van der Waals surface area contributed by atoms with Gasteiger partial charge in [-0.3, -0.25) is 4.79 Å². The molecule has 1 aromatic rings. The summed E-state index contributed by atoms with van der Waals surface area (Å²) >= 11 is 6.49. The van der Waals surface area contributed by atoms with Gasteiger partial charge in [-0.15, -0.1) is 11.3 Å². The lowest BCUT2D eigenvalue weighted by Crippen LogP contribution is -2.31. The van der Waals surface area contributed by atoms with Crippen molar-refractivity contribution >= 4 is 45.5 Å². The van der Waals surface area contributed by atoms with Crippen LogP contribution in [0.4, 0.5) is 5.00 Å². The van der Waals surface area contributed by atoms with Crippen molar-refractivity contribution < 1.29 is 14.3 Å². The SMILES string of the molecule is COC(=O)c1c(NC(=S)NCCCN(C)C)sc(C(=O)N(C)C)c1C. The van der Waals surface area contributed by atoms with Gasteiger partial charge in [0.15, 0.2) is 5.11 Å². The minimum atomic E-state index is -0.496. The molecule has 140 valence electrons. The van der Waals surface area contributed by atoms with Crippen LogP contribution in [0.3, 0.4) is 0 Å². The van der Waals surface area contributed by atoms with Crippen molar-refractivity contribution in [2.45, 2.75) is 13.3 Å². The number of thiophene rings is 1. The predicted octanol–water partition coefficient (Wildman–Crippen LogP) is 1.78. The Hall–Kier alpha value is -1.71. The molecule has 0 saturated heterocycles. The van der Waals surface area contributed by atoms with Crippen molar-refractivity contribution in [1.29, 1.82) is 0 Å². The molecule has 0 aromatic carbocycles. The average molecular weight is 387 g/mol. The fourth-order valence-corrected chi connectivity index (χ4v) is 3.59. The van der Waals surface area contributed by atoms with E-state index in [1.807, 2.05) is 14.1 Å². The number of amides is 1. The molecule has 0 aliphatic heterocycles. The molecule has 0 radical (unpaired) electrons. The van der Waals surface area contributed by atoms with Crippen molar-refractivity contribution in [3.05, 3.63) is 16.0 Å². The molecule has 25 heavy (non-hydrogen) atoms. The summed E-state index contributed by atoms with van der Waals surface area (Å²) in [4.78, 5) is 28.5. The molecule has 1 heterocycles. The third-order valence-corrected chi connectivity index (χ3v) is 4.87. The van der Waals surface area contributed by atoms with Crippen molar-refractivity contribution in [2.75, 3.05) is 53.7 Å². The highest BCUT2D eigenvalue weighted by molar-refractivity contribution is 7.80. The van der Waals surface area contributed by atoms with E-state index in [1.165, 1.54) is 23.3 Å². The van der Waals surface area contributed by atoms with Crippen molar-refractivity contribution in [2.24, 2.45) is 0 Å². The lowest BCUT2D eigenvalue weighted by atomic mass is 10.1. The summed E-state index contributed by atoms with van der Waals surface area (Å²) in [7, 11) is 8.68. The number of carbonyl (C=O) groups is 2. The largest absolute Gasteiger partial charge is 0.465 e. The number of hydrogen-bond donors (Lipinski definition) is 2. The molecule has 7 nitrogen and oxygen atoms in total. The first-order chi connectivity index (χ1) is 11.7. The maximum atomic E-state index is 12.3. The van der Waals surface area contributed by atoms with Gasteiger partial charge >= 0.3 is 5.97 Å². The van der Waals surface area contributed by atoms with E-state index in [-0.39, 0.29) is 5.91 Å². The van der Waals surface area contributed by atoms with E-state index in [9.17, 15) is 9.59 Å². The van der Waals surface area contributed by atoms with E-state index in [1.54, 1.807) is 21.0 Å². The Morgan fingerprint density at radius 1 is 1.24 bits per heavy atom. The van der Waals surface area contributed by atoms with Crippen LogP contribution in [0.2, 0.25) is 0 Å². The number of hydrogen-bond acceptors (Lipinski definition) is 6. The zero-order valence-corrected chi connectivity index (χ0v) is 17.2. The molecule has 2 N–H and O–H groups in total. The second kappa shape index (κ2) is 9.69. The number of anilines is 1. The average Bonchev–Trinajstić information content (AvgIpc) is 2.86. The molecule has 0 spiro atoms. The Kier molecular flexibility index (Phi) is 8.27. The lowest BCUT2D eigenvalue weighted by Gasteiger charge is -2.12. The van der Waals surface area contributed by atoms with Gasteiger partial charge in [-0.2, -0.15) is 0 Å². The van der Waals surface area contributed by atoms with E-state index >= 15 is 0 Å². The summed E-state index contributed by atoms with van der Waals surface area (Å²) in [5.41, 5.74) is 0.934. The fraction of sp³-hybridized carbons (Fsp3) is 0.562. The molecule has 0 aliphatic rings. The van der Waals surface area contributed by atoms with E-state index < -0.39 is 5.97 Å². The molecule has 1 aromatic heterocycles. The predicted molar refractivity (Wildman–Crippen MR) is 106 cm³/mol. The molecule has 0 bridgehead atoms. The Labute approximate surface area is 158 Å². The first-order valence-corrected chi connectivity index (χ1v) is 9.04. The number of nitrogens with zero attached hydrogens (tertiary/aromatic N) is 2. The third kappa shape index (κ3) is 5.94. The first kappa shape index (κ1) is 21.3. The second-order valence-corrected chi connectivity index (χ2v) is 7.42. The summed E-state index contributed by atoms with van der Waals surface area (Å²) in [5.74, 6) is -0.657. The monoisotopic (exact) mass is 386 g/mol. The normalized spacial score (nSPS) is 10.5. The minimum absolute atomic E-state index is 0.162. The standard InChI is InChI=1S/C16H26N4O3S2/c1-10-11(15(22)23-6)13(25-12(10)14(21)20(4)5)18-16(24)17-8-7-9-19(2)3/h7-9H2,1-6H3,(H2,17,18,24). The molecule has 0 aliphatic carbocycles. The molecule has 1 rings (SSSR count). The van der Waals surface area contributed by atoms with Crippen molar-refractivity contribution in [3.63, 3.8) is 0 Å². The van der Waals surface area contributed by atoms with Gasteiger partial charge in [-0.05, 0) is 51.8 Å². The van der Waals surface area contributed by atoms with Crippen LogP contribution < -0.4 is 10.6 Å². The number of carbonyl (C=O) groups excluding carboxylic acids is 2. The highest BCUT2D eigenvalue weighted by Crippen LogP contribution is 2.34. The quantitative estimate of drug-likeness (QED) is 0.420. The van der Waals surface area contributed by atoms with E-state index in [2.05, 4.69) is 15.5 Å². The van der Waals surface area contributed by atoms with E-state index in [0.717, 1.165) is 13.0 Å². The summed E-state index contributed by atoms with van der Waals surface area (Å²) < 4.78 is 4.85. The van der Waals surface area contributed by atoms with Crippen LogP contribution in [-0.2, 0) is 4.74 Å². The molecular formula is C16H26N4O3S2. The number of thiocarbonyl (C=S) groups is 1. The minimum Gasteiger partial charge on any atom is -0.465 e. The van der Waals surface area contributed by atoms with Gasteiger partial charge in [0.2, 0.25) is 0 Å². The van der Waals surface area contributed by atoms with Crippen LogP contribution in [-0.4, -0.2) is 75.2 Å². The molecule has 0 fully saturated rings. The fourth-order valence-electron chi connectivity index (χ4n) is 2.10. The van der Waals surface area contributed by atoms with Gasteiger partial charge < -0.3 is 25.2 Å². The number of methoxy groups -OCH3 is 1. The number of rotatable bonds is 7. The van der Waals surface area contributed by atoms with Crippen LogP contribution >= 0.6 is 23.6 Å². The highest BCUT2D eigenvalue weighted by Gasteiger charge is 2.26. The number of nitrogens with one attached hydrogen (secondary N) is 2. The topological polar surface area (TPSA) is 73.9 Å². The highest BCUT2D eigenvalue weighted by atomic mass is 32.1. The number of ether oxygens (including phenoxy) is 1. The molecular weight excluding hydrogens is 360 g/mol. The van der Waals surface area contributed by atoms with E-state index in [0.29, 0.717) is 32.7 Å². The van der Waals surface area contributed by atoms with Crippen LogP contribution in [0.1, 0.15) is 32.0 Å². The van der Waals surface area contributed by atoms with Crippen LogP contribution in [0.5, 0.6) is 0 Å². The molecule has 0 saturated carbocycles. The smallest absolute Gasteiger partial charge is 0.341 e. The van der Waals surface area contributed by atoms with Crippen LogP contribution in [0.15, 0.2) is 0 Å². The van der Waals surface area contributed by atoms with Gasteiger partial charge in [0, 0.05) is 20.6 Å². The maximum Gasteiger partial charge on any atom is 0.341 e. The zero-order chi connectivity index (χ0) is 19.1. The van der Waals surface area contributed by atoms with Gasteiger partial charge in [0.25, 0.3) is 5.91 Å². The molecule has 1 amide bonds. The summed E-state index contributed by atoms with van der Waals surface area (Å²) in [5, 5.41) is 7.05. The van der Waals surface area contributed by atoms with Gasteiger partial charge in [-0.1, -0.05) is 0 Å². The summed E-state index contributed by atoms with van der Waals surface area (Å²) in [6, 6.07) is 0.